The number of hydroxylamine groups is 2. The Morgan fingerprint density at radius 3 is 1.13 bits per heavy atom. The monoisotopic (exact) mass is 812 g/mol. The number of carbonyl (C=O) groups excluding carboxylic acids is 4. The van der Waals surface area contributed by atoms with Gasteiger partial charge in [-0.1, -0.05) is 84.9 Å². The van der Waals surface area contributed by atoms with Crippen molar-refractivity contribution in [2.45, 2.75) is 30.7 Å². The van der Waals surface area contributed by atoms with Crippen LogP contribution in [0.15, 0.2) is 158 Å². The molecular formula is C49H40N4O8. The zero-order valence-corrected chi connectivity index (χ0v) is 33.2. The maximum absolute atomic E-state index is 14.2. The highest BCUT2D eigenvalue weighted by molar-refractivity contribution is 6.24. The molecule has 6 unspecified atom stereocenters. The van der Waals surface area contributed by atoms with E-state index in [1.807, 2.05) is 133 Å². The van der Waals surface area contributed by atoms with Crippen molar-refractivity contribution in [3.8, 4) is 11.5 Å². The van der Waals surface area contributed by atoms with Crippen LogP contribution in [-0.2, 0) is 35.3 Å². The highest BCUT2D eigenvalue weighted by Gasteiger charge is 2.61. The van der Waals surface area contributed by atoms with E-state index in [9.17, 15) is 19.2 Å². The molecular weight excluding hydrogens is 773 g/mol. The minimum atomic E-state index is -0.991. The number of amides is 4. The molecule has 10 rings (SSSR count). The number of fused-ring (bicyclic) bond motifs is 2. The highest BCUT2D eigenvalue weighted by Crippen LogP contribution is 2.49. The fourth-order valence-electron chi connectivity index (χ4n) is 8.98. The largest absolute Gasteiger partial charge is 0.497 e. The van der Waals surface area contributed by atoms with Gasteiger partial charge in [-0.25, -0.2) is 19.9 Å². The summed E-state index contributed by atoms with van der Waals surface area (Å²) in [5, 5.41) is 3.35. The maximum Gasteiger partial charge on any atom is 0.266 e. The van der Waals surface area contributed by atoms with Gasteiger partial charge in [-0.3, -0.25) is 28.9 Å². The third-order valence-corrected chi connectivity index (χ3v) is 12.0. The molecule has 4 saturated heterocycles. The number of para-hydroxylation sites is 2. The van der Waals surface area contributed by atoms with Gasteiger partial charge in [0.1, 0.15) is 23.3 Å². The molecule has 0 spiro atoms. The predicted octanol–water partition coefficient (Wildman–Crippen LogP) is 7.40. The lowest BCUT2D eigenvalue weighted by atomic mass is 9.90. The number of rotatable bonds is 10. The molecule has 4 fully saturated rings. The summed E-state index contributed by atoms with van der Waals surface area (Å²) in [6.45, 7) is 0. The third-order valence-electron chi connectivity index (χ3n) is 12.0. The smallest absolute Gasteiger partial charge is 0.266 e. The Bertz CT molecular complexity index is 2430. The van der Waals surface area contributed by atoms with Crippen LogP contribution >= 0.6 is 0 Å². The molecule has 0 bridgehead atoms. The molecule has 6 aromatic rings. The summed E-state index contributed by atoms with van der Waals surface area (Å²) >= 11 is 0. The van der Waals surface area contributed by atoms with Crippen molar-refractivity contribution in [1.82, 2.24) is 0 Å². The lowest BCUT2D eigenvalue weighted by Crippen LogP contribution is -2.37. The van der Waals surface area contributed by atoms with Crippen molar-refractivity contribution in [2.24, 2.45) is 11.8 Å². The normalized spacial score (nSPS) is 23.2. The molecule has 0 saturated carbocycles. The molecule has 0 radical (unpaired) electrons. The zero-order valence-electron chi connectivity index (χ0n) is 33.2. The van der Waals surface area contributed by atoms with Crippen molar-refractivity contribution in [2.75, 3.05) is 34.1 Å². The summed E-state index contributed by atoms with van der Waals surface area (Å²) in [6.07, 6.45) is -1.45. The lowest BCUT2D eigenvalue weighted by Gasteiger charge is -2.29. The molecule has 61 heavy (non-hydrogen) atoms. The summed E-state index contributed by atoms with van der Waals surface area (Å²) < 4.78 is 10.7. The first-order valence-electron chi connectivity index (χ1n) is 20.1. The first kappa shape index (κ1) is 38.0. The summed E-state index contributed by atoms with van der Waals surface area (Å²) in [5.41, 5.74) is 5.94. The third kappa shape index (κ3) is 6.48. The van der Waals surface area contributed by atoms with Gasteiger partial charge < -0.3 is 9.47 Å². The number of anilines is 4. The second kappa shape index (κ2) is 15.4. The Morgan fingerprint density at radius 1 is 0.426 bits per heavy atom. The molecule has 304 valence electrons. The number of imide groups is 2. The highest BCUT2D eigenvalue weighted by atomic mass is 16.7. The SMILES string of the molecule is COc1ccc(C2C3C(=O)N(c4ccc(Cc5ccc(N6C(=O)C7ON(c8ccccc8)C(c8ccc(OC)cc8)C7C6=O)cc5)cc4)C(=O)C3ON2c2ccccc2)cc1. The Hall–Kier alpha value is -7.28. The molecule has 4 aliphatic rings. The summed E-state index contributed by atoms with van der Waals surface area (Å²) in [5.74, 6) is -1.67. The second-order valence-corrected chi connectivity index (χ2v) is 15.4. The van der Waals surface area contributed by atoms with E-state index in [0.29, 0.717) is 29.3 Å². The molecule has 12 nitrogen and oxygen atoms in total. The van der Waals surface area contributed by atoms with Crippen molar-refractivity contribution in [3.63, 3.8) is 0 Å². The van der Waals surface area contributed by atoms with Crippen LogP contribution in [0.5, 0.6) is 11.5 Å². The summed E-state index contributed by atoms with van der Waals surface area (Å²) in [7, 11) is 3.19. The Labute approximate surface area is 351 Å². The summed E-state index contributed by atoms with van der Waals surface area (Å²) in [6, 6.07) is 47.4. The van der Waals surface area contributed by atoms with E-state index in [1.54, 1.807) is 48.6 Å². The fourth-order valence-corrected chi connectivity index (χ4v) is 8.98. The van der Waals surface area contributed by atoms with Crippen molar-refractivity contribution >= 4 is 46.4 Å². The minimum absolute atomic E-state index is 0.332. The molecule has 6 aromatic carbocycles. The van der Waals surface area contributed by atoms with E-state index in [1.165, 1.54) is 9.80 Å². The van der Waals surface area contributed by atoms with E-state index in [2.05, 4.69) is 0 Å². The average Bonchev–Trinajstić information content (AvgIpc) is 4.03. The zero-order chi connectivity index (χ0) is 41.8. The molecule has 0 N–H and O–H groups in total. The van der Waals surface area contributed by atoms with Crippen LogP contribution in [0.4, 0.5) is 22.7 Å². The van der Waals surface area contributed by atoms with E-state index in [4.69, 9.17) is 19.1 Å². The van der Waals surface area contributed by atoms with Gasteiger partial charge in [-0.05, 0) is 101 Å². The van der Waals surface area contributed by atoms with Crippen LogP contribution in [0.3, 0.4) is 0 Å². The van der Waals surface area contributed by atoms with Crippen molar-refractivity contribution < 1.29 is 38.3 Å². The van der Waals surface area contributed by atoms with Crippen LogP contribution in [0.1, 0.15) is 34.3 Å². The topological polar surface area (TPSA) is 118 Å². The Morgan fingerprint density at radius 2 is 0.787 bits per heavy atom. The number of benzene rings is 6. The standard InChI is InChI=1S/C49H40N4O8/c1-58-38-25-17-32(18-26-38)42-40-44(60-52(42)36-9-5-3-6-10-36)48(56)50(46(40)54)34-21-13-30(14-22-34)29-31-15-23-35(24-16-31)51-47(55)41-43(33-19-27-39(59-2)28-20-33)53(61-45(41)49(51)57)37-11-7-4-8-12-37/h3-28,40-45H,29H2,1-2H3. The molecule has 4 aliphatic heterocycles. The van der Waals surface area contributed by atoms with Crippen molar-refractivity contribution in [1.29, 1.82) is 0 Å². The average molecular weight is 813 g/mol. The van der Waals surface area contributed by atoms with E-state index in [-0.39, 0.29) is 11.8 Å². The number of nitrogens with zero attached hydrogens (tertiary/aromatic N) is 4. The minimum Gasteiger partial charge on any atom is -0.497 e. The Balaban J connectivity index is 0.848. The van der Waals surface area contributed by atoms with Gasteiger partial charge in [0.25, 0.3) is 11.8 Å². The number of hydrogen-bond acceptors (Lipinski definition) is 10. The van der Waals surface area contributed by atoms with Gasteiger partial charge in [-0.2, -0.15) is 0 Å². The number of methoxy groups -OCH3 is 2. The van der Waals surface area contributed by atoms with Gasteiger partial charge in [0.15, 0.2) is 12.2 Å². The van der Waals surface area contributed by atoms with Crippen LogP contribution < -0.4 is 29.4 Å². The van der Waals surface area contributed by atoms with E-state index >= 15 is 0 Å². The van der Waals surface area contributed by atoms with Gasteiger partial charge in [0, 0.05) is 0 Å². The fraction of sp³-hybridized carbons (Fsp3) is 0.184. The number of carbonyl (C=O) groups is 4. The van der Waals surface area contributed by atoms with Crippen LogP contribution in [0.25, 0.3) is 0 Å². The van der Waals surface area contributed by atoms with Crippen molar-refractivity contribution in [3.05, 3.63) is 180 Å². The van der Waals surface area contributed by atoms with Gasteiger partial charge in [0.05, 0.1) is 49.1 Å². The molecule has 4 heterocycles. The number of ether oxygens (including phenoxy) is 2. The molecule has 4 amide bonds. The quantitative estimate of drug-likeness (QED) is 0.130. The van der Waals surface area contributed by atoms with Crippen LogP contribution in [0, 0.1) is 11.8 Å². The predicted molar refractivity (Wildman–Crippen MR) is 227 cm³/mol. The molecule has 0 aliphatic carbocycles. The summed E-state index contributed by atoms with van der Waals surface area (Å²) in [4.78, 5) is 71.4. The first-order chi connectivity index (χ1) is 29.8. The maximum atomic E-state index is 14.2. The Kier molecular flexibility index (Phi) is 9.58. The van der Waals surface area contributed by atoms with Gasteiger partial charge in [0.2, 0.25) is 11.8 Å². The molecule has 12 heteroatoms. The van der Waals surface area contributed by atoms with Crippen LogP contribution in [-0.4, -0.2) is 50.1 Å². The van der Waals surface area contributed by atoms with Gasteiger partial charge >= 0.3 is 0 Å². The van der Waals surface area contributed by atoms with E-state index < -0.39 is 47.9 Å². The number of hydrogen-bond donors (Lipinski definition) is 0. The molecule has 6 atom stereocenters. The lowest BCUT2D eigenvalue weighted by molar-refractivity contribution is -0.127. The molecule has 0 aromatic heterocycles. The second-order valence-electron chi connectivity index (χ2n) is 15.4. The van der Waals surface area contributed by atoms with Crippen LogP contribution in [0.2, 0.25) is 0 Å². The van der Waals surface area contributed by atoms with E-state index in [0.717, 1.165) is 33.6 Å². The first-order valence-corrected chi connectivity index (χ1v) is 20.1. The van der Waals surface area contributed by atoms with Gasteiger partial charge in [-0.15, -0.1) is 0 Å².